The van der Waals surface area contributed by atoms with Crippen molar-refractivity contribution in [2.24, 2.45) is 5.73 Å². The Hall–Kier alpha value is -2.40. The van der Waals surface area contributed by atoms with E-state index in [4.69, 9.17) is 37.0 Å². The molecule has 0 radical (unpaired) electrons. The molecule has 0 unspecified atom stereocenters. The summed E-state index contributed by atoms with van der Waals surface area (Å²) >= 11 is 6.04. The molecule has 0 amide bonds. The van der Waals surface area contributed by atoms with E-state index in [1.54, 1.807) is 36.4 Å². The van der Waals surface area contributed by atoms with E-state index in [0.29, 0.717) is 33.6 Å². The Morgan fingerprint density at radius 1 is 1.10 bits per heavy atom. The summed E-state index contributed by atoms with van der Waals surface area (Å²) in [5.74, 6) is 2.43. The summed E-state index contributed by atoms with van der Waals surface area (Å²) in [5, 5.41) is 7.74. The first-order valence-corrected chi connectivity index (χ1v) is 6.23. The molecule has 0 spiro atoms. The van der Waals surface area contributed by atoms with Gasteiger partial charge in [-0.25, -0.2) is 0 Å². The predicted octanol–water partition coefficient (Wildman–Crippen LogP) is 3.15. The van der Waals surface area contributed by atoms with Gasteiger partial charge in [-0.1, -0.05) is 11.6 Å². The van der Waals surface area contributed by atoms with Gasteiger partial charge >= 0.3 is 0 Å². The normalized spacial score (nSPS) is 12.2. The summed E-state index contributed by atoms with van der Waals surface area (Å²) in [5.41, 5.74) is 5.88. The van der Waals surface area contributed by atoms with Crippen molar-refractivity contribution in [3.63, 3.8) is 0 Å². The van der Waals surface area contributed by atoms with Gasteiger partial charge in [0.15, 0.2) is 11.5 Å². The lowest BCUT2D eigenvalue weighted by Gasteiger charge is -2.08. The Balaban J connectivity index is 1.84. The first-order valence-electron chi connectivity index (χ1n) is 5.85. The summed E-state index contributed by atoms with van der Waals surface area (Å²) in [6.45, 7) is 0.220. The number of hydrogen-bond acceptors (Lipinski definition) is 4. The van der Waals surface area contributed by atoms with E-state index in [2.05, 4.69) is 0 Å². The fourth-order valence-corrected chi connectivity index (χ4v) is 2.13. The van der Waals surface area contributed by atoms with Crippen LogP contribution in [-0.2, 0) is 0 Å². The zero-order chi connectivity index (χ0) is 14.1. The highest BCUT2D eigenvalue weighted by Gasteiger charge is 2.14. The molecule has 0 aromatic heterocycles. The van der Waals surface area contributed by atoms with E-state index in [1.807, 2.05) is 0 Å². The quantitative estimate of drug-likeness (QED) is 0.672. The molecule has 1 heterocycles. The molecule has 0 saturated heterocycles. The molecular formula is C14H11ClN2O3. The fraction of sp³-hybridized carbons (Fsp3) is 0.0714. The van der Waals surface area contributed by atoms with Gasteiger partial charge in [0.1, 0.15) is 17.3 Å². The molecule has 2 aromatic rings. The summed E-state index contributed by atoms with van der Waals surface area (Å²) in [6, 6.07) is 10.3. The van der Waals surface area contributed by atoms with Crippen molar-refractivity contribution >= 4 is 17.4 Å². The van der Waals surface area contributed by atoms with Gasteiger partial charge < -0.3 is 19.9 Å². The van der Waals surface area contributed by atoms with E-state index < -0.39 is 0 Å². The van der Waals surface area contributed by atoms with Crippen LogP contribution in [-0.4, -0.2) is 12.6 Å². The van der Waals surface area contributed by atoms with Gasteiger partial charge in [-0.05, 0) is 24.3 Å². The van der Waals surface area contributed by atoms with Crippen LogP contribution >= 0.6 is 11.6 Å². The van der Waals surface area contributed by atoms with Gasteiger partial charge in [-0.2, -0.15) is 0 Å². The first kappa shape index (κ1) is 12.6. The molecule has 6 heteroatoms. The third-order valence-electron chi connectivity index (χ3n) is 2.81. The molecule has 0 saturated carbocycles. The number of hydrogen-bond donors (Lipinski definition) is 2. The van der Waals surface area contributed by atoms with E-state index in [-0.39, 0.29) is 12.6 Å². The number of fused-ring (bicyclic) bond motifs is 1. The molecule has 5 nitrogen and oxygen atoms in total. The van der Waals surface area contributed by atoms with Crippen molar-refractivity contribution in [2.75, 3.05) is 6.79 Å². The summed E-state index contributed by atoms with van der Waals surface area (Å²) < 4.78 is 16.2. The van der Waals surface area contributed by atoms with Crippen LogP contribution in [0.15, 0.2) is 36.4 Å². The van der Waals surface area contributed by atoms with Crippen LogP contribution in [0.3, 0.4) is 0 Å². The number of benzene rings is 2. The fourth-order valence-electron chi connectivity index (χ4n) is 1.85. The highest BCUT2D eigenvalue weighted by Crippen LogP contribution is 2.37. The van der Waals surface area contributed by atoms with E-state index in [0.717, 1.165) is 0 Å². The van der Waals surface area contributed by atoms with E-state index in [1.165, 1.54) is 0 Å². The Morgan fingerprint density at radius 2 is 1.80 bits per heavy atom. The minimum absolute atomic E-state index is 0.0790. The van der Waals surface area contributed by atoms with Crippen LogP contribution in [0, 0.1) is 5.41 Å². The molecule has 0 atom stereocenters. The first-order chi connectivity index (χ1) is 9.63. The molecular weight excluding hydrogens is 280 g/mol. The summed E-state index contributed by atoms with van der Waals surface area (Å²) in [7, 11) is 0. The molecule has 20 heavy (non-hydrogen) atoms. The lowest BCUT2D eigenvalue weighted by molar-refractivity contribution is 0.174. The Kier molecular flexibility index (Phi) is 3.12. The van der Waals surface area contributed by atoms with E-state index >= 15 is 0 Å². The number of ether oxygens (including phenoxy) is 3. The minimum atomic E-state index is -0.0790. The minimum Gasteiger partial charge on any atom is -0.457 e. The second kappa shape index (κ2) is 4.94. The maximum absolute atomic E-state index is 7.37. The molecule has 3 N–H and O–H groups in total. The molecule has 0 bridgehead atoms. The predicted molar refractivity (Wildman–Crippen MR) is 75.1 cm³/mol. The molecule has 3 rings (SSSR count). The van der Waals surface area contributed by atoms with Crippen LogP contribution < -0.4 is 19.9 Å². The zero-order valence-electron chi connectivity index (χ0n) is 10.4. The average Bonchev–Trinajstić information content (AvgIpc) is 2.85. The molecule has 0 aliphatic carbocycles. The molecule has 1 aliphatic rings. The number of nitrogen functional groups attached to an aromatic ring is 1. The van der Waals surface area contributed by atoms with Crippen LogP contribution in [0.25, 0.3) is 0 Å². The van der Waals surface area contributed by atoms with Gasteiger partial charge in [0.05, 0.1) is 5.02 Å². The maximum atomic E-state index is 7.37. The Bertz CT molecular complexity index is 688. The van der Waals surface area contributed by atoms with E-state index in [9.17, 15) is 0 Å². The smallest absolute Gasteiger partial charge is 0.231 e. The second-order valence-corrected chi connectivity index (χ2v) is 4.58. The van der Waals surface area contributed by atoms with Crippen molar-refractivity contribution in [3.8, 4) is 23.0 Å². The zero-order valence-corrected chi connectivity index (χ0v) is 11.1. The molecule has 102 valence electrons. The topological polar surface area (TPSA) is 77.6 Å². The van der Waals surface area contributed by atoms with Crippen molar-refractivity contribution in [1.82, 2.24) is 0 Å². The second-order valence-electron chi connectivity index (χ2n) is 4.17. The van der Waals surface area contributed by atoms with Gasteiger partial charge in [-0.15, -0.1) is 0 Å². The monoisotopic (exact) mass is 290 g/mol. The standard InChI is InChI=1S/C14H11ClN2O3/c15-11-5-8(1-3-10(11)14(16)17)20-9-2-4-12-13(6-9)19-7-18-12/h1-6H,7H2,(H3,16,17). The van der Waals surface area contributed by atoms with Gasteiger partial charge in [0.25, 0.3) is 0 Å². The summed E-state index contributed by atoms with van der Waals surface area (Å²) in [4.78, 5) is 0. The number of nitrogens with two attached hydrogens (primary N) is 1. The van der Waals surface area contributed by atoms with Crippen LogP contribution in [0.2, 0.25) is 5.02 Å². The number of nitrogens with one attached hydrogen (secondary N) is 1. The Labute approximate surface area is 120 Å². The molecule has 0 fully saturated rings. The lowest BCUT2D eigenvalue weighted by Crippen LogP contribution is -2.11. The molecule has 1 aliphatic heterocycles. The van der Waals surface area contributed by atoms with Gasteiger partial charge in [0, 0.05) is 17.7 Å². The number of amidine groups is 1. The number of rotatable bonds is 3. The summed E-state index contributed by atoms with van der Waals surface area (Å²) in [6.07, 6.45) is 0. The SMILES string of the molecule is N=C(N)c1ccc(Oc2ccc3c(c2)OCO3)cc1Cl. The number of halogens is 1. The van der Waals surface area contributed by atoms with Crippen LogP contribution in [0.5, 0.6) is 23.0 Å². The third-order valence-corrected chi connectivity index (χ3v) is 3.12. The van der Waals surface area contributed by atoms with Crippen molar-refractivity contribution < 1.29 is 14.2 Å². The van der Waals surface area contributed by atoms with Crippen LogP contribution in [0.4, 0.5) is 0 Å². The van der Waals surface area contributed by atoms with Crippen molar-refractivity contribution in [3.05, 3.63) is 47.0 Å². The third kappa shape index (κ3) is 2.35. The largest absolute Gasteiger partial charge is 0.457 e. The lowest BCUT2D eigenvalue weighted by atomic mass is 10.2. The van der Waals surface area contributed by atoms with Crippen molar-refractivity contribution in [1.29, 1.82) is 5.41 Å². The average molecular weight is 291 g/mol. The molecule has 2 aromatic carbocycles. The highest BCUT2D eigenvalue weighted by molar-refractivity contribution is 6.34. The maximum Gasteiger partial charge on any atom is 0.231 e. The van der Waals surface area contributed by atoms with Gasteiger partial charge in [-0.3, -0.25) is 5.41 Å². The Morgan fingerprint density at radius 3 is 2.55 bits per heavy atom. The van der Waals surface area contributed by atoms with Crippen LogP contribution in [0.1, 0.15) is 5.56 Å². The van der Waals surface area contributed by atoms with Crippen molar-refractivity contribution in [2.45, 2.75) is 0 Å². The highest BCUT2D eigenvalue weighted by atomic mass is 35.5. The van der Waals surface area contributed by atoms with Gasteiger partial charge in [0.2, 0.25) is 6.79 Å².